The molecule has 0 aliphatic rings. The normalized spacial score (nSPS) is 13.9. The molecular formula is C9H11IO2. The van der Waals surface area contributed by atoms with Crippen molar-refractivity contribution in [1.29, 1.82) is 0 Å². The van der Waals surface area contributed by atoms with E-state index >= 15 is 0 Å². The number of hydrogen-bond acceptors (Lipinski definition) is 1. The lowest BCUT2D eigenvalue weighted by molar-refractivity contribution is -0.131. The smallest absolute Gasteiger partial charge is 0.328 e. The largest absolute Gasteiger partial charge is 0.478 e. The van der Waals surface area contributed by atoms with Crippen LogP contribution in [0.1, 0.15) is 13.8 Å². The Morgan fingerprint density at radius 3 is 2.25 bits per heavy atom. The van der Waals surface area contributed by atoms with Gasteiger partial charge >= 0.3 is 5.97 Å². The van der Waals surface area contributed by atoms with Crippen LogP contribution in [0.4, 0.5) is 0 Å². The van der Waals surface area contributed by atoms with E-state index in [0.29, 0.717) is 0 Å². The van der Waals surface area contributed by atoms with Crippen LogP contribution in [0.5, 0.6) is 0 Å². The fourth-order valence-electron chi connectivity index (χ4n) is 0.641. The highest BCUT2D eigenvalue weighted by Crippen LogP contribution is 2.05. The second-order valence-electron chi connectivity index (χ2n) is 2.41. The third-order valence-corrected chi connectivity index (χ3v) is 2.10. The number of hydrogen-bond donors (Lipinski definition) is 1. The van der Waals surface area contributed by atoms with E-state index < -0.39 is 5.97 Å². The van der Waals surface area contributed by atoms with Crippen LogP contribution in [-0.4, -0.2) is 11.1 Å². The zero-order valence-corrected chi connectivity index (χ0v) is 9.20. The van der Waals surface area contributed by atoms with Crippen molar-refractivity contribution in [3.8, 4) is 0 Å². The summed E-state index contributed by atoms with van der Waals surface area (Å²) in [5.74, 6) is -0.918. The van der Waals surface area contributed by atoms with Gasteiger partial charge in [0.05, 0.1) is 0 Å². The summed E-state index contributed by atoms with van der Waals surface area (Å²) in [5, 5.41) is 8.32. The first-order chi connectivity index (χ1) is 5.56. The molecule has 0 radical (unpaired) electrons. The molecule has 0 amide bonds. The van der Waals surface area contributed by atoms with Crippen molar-refractivity contribution < 1.29 is 9.90 Å². The predicted molar refractivity (Wildman–Crippen MR) is 58.3 cm³/mol. The first kappa shape index (κ1) is 11.4. The van der Waals surface area contributed by atoms with E-state index in [1.807, 2.05) is 24.0 Å². The summed E-state index contributed by atoms with van der Waals surface area (Å²) in [6.07, 6.45) is 4.63. The molecule has 0 spiro atoms. The number of carboxylic acid groups (broad SMARTS) is 1. The summed E-state index contributed by atoms with van der Waals surface area (Å²) in [4.78, 5) is 10.1. The molecule has 0 aromatic carbocycles. The molecule has 12 heavy (non-hydrogen) atoms. The van der Waals surface area contributed by atoms with Crippen LogP contribution in [0.15, 0.2) is 33.5 Å². The van der Waals surface area contributed by atoms with E-state index in [1.54, 1.807) is 6.08 Å². The number of rotatable bonds is 3. The van der Waals surface area contributed by atoms with Gasteiger partial charge in [0.2, 0.25) is 0 Å². The Morgan fingerprint density at radius 2 is 1.83 bits per heavy atom. The molecule has 0 aliphatic carbocycles. The molecule has 1 N–H and O–H groups in total. The summed E-state index contributed by atoms with van der Waals surface area (Å²) >= 11 is 2.14. The van der Waals surface area contributed by atoms with Crippen molar-refractivity contribution in [1.82, 2.24) is 0 Å². The third-order valence-electron chi connectivity index (χ3n) is 1.12. The van der Waals surface area contributed by atoms with Crippen LogP contribution in [0.3, 0.4) is 0 Å². The molecule has 0 atom stereocenters. The van der Waals surface area contributed by atoms with Gasteiger partial charge in [0.15, 0.2) is 0 Å². The van der Waals surface area contributed by atoms with Crippen LogP contribution >= 0.6 is 22.6 Å². The van der Waals surface area contributed by atoms with Crippen molar-refractivity contribution in [3.63, 3.8) is 0 Å². The molecular weight excluding hydrogens is 267 g/mol. The minimum Gasteiger partial charge on any atom is -0.478 e. The molecule has 0 saturated carbocycles. The quantitative estimate of drug-likeness (QED) is 0.489. The predicted octanol–water partition coefficient (Wildman–Crippen LogP) is 2.91. The zero-order chi connectivity index (χ0) is 9.56. The first-order valence-corrected chi connectivity index (χ1v) is 4.67. The highest BCUT2D eigenvalue weighted by atomic mass is 127. The maximum Gasteiger partial charge on any atom is 0.328 e. The van der Waals surface area contributed by atoms with Gasteiger partial charge in [-0.05, 0) is 23.5 Å². The minimum absolute atomic E-state index is 0.918. The Kier molecular flexibility index (Phi) is 5.70. The number of allylic oxidation sites excluding steroid dienone is 4. The molecule has 66 valence electrons. The van der Waals surface area contributed by atoms with E-state index in [0.717, 1.165) is 17.2 Å². The van der Waals surface area contributed by atoms with Crippen molar-refractivity contribution >= 4 is 28.6 Å². The average Bonchev–Trinajstić information content (AvgIpc) is 2.00. The SMILES string of the molecule is CC(=CI)C=C(C)C=CC(=O)O. The van der Waals surface area contributed by atoms with Crippen molar-refractivity contribution in [2.45, 2.75) is 13.8 Å². The minimum atomic E-state index is -0.918. The third kappa shape index (κ3) is 6.15. The van der Waals surface area contributed by atoms with Gasteiger partial charge in [-0.1, -0.05) is 40.3 Å². The summed E-state index contributed by atoms with van der Waals surface area (Å²) < 4.78 is 1.94. The van der Waals surface area contributed by atoms with E-state index in [2.05, 4.69) is 22.6 Å². The molecule has 0 saturated heterocycles. The second kappa shape index (κ2) is 5.99. The molecule has 0 rings (SSSR count). The fraction of sp³-hybridized carbons (Fsp3) is 0.222. The molecule has 0 heterocycles. The number of halogens is 1. The van der Waals surface area contributed by atoms with Crippen LogP contribution in [0.25, 0.3) is 0 Å². The van der Waals surface area contributed by atoms with Crippen LogP contribution in [0, 0.1) is 0 Å². The van der Waals surface area contributed by atoms with E-state index in [-0.39, 0.29) is 0 Å². The highest BCUT2D eigenvalue weighted by molar-refractivity contribution is 14.1. The van der Waals surface area contributed by atoms with Gasteiger partial charge in [-0.2, -0.15) is 0 Å². The van der Waals surface area contributed by atoms with Crippen LogP contribution in [-0.2, 0) is 4.79 Å². The molecule has 0 unspecified atom stereocenters. The Bertz CT molecular complexity index is 249. The summed E-state index contributed by atoms with van der Waals surface area (Å²) in [5.41, 5.74) is 2.05. The van der Waals surface area contributed by atoms with E-state index in [9.17, 15) is 4.79 Å². The van der Waals surface area contributed by atoms with Crippen LogP contribution < -0.4 is 0 Å². The molecule has 2 nitrogen and oxygen atoms in total. The molecule has 0 bridgehead atoms. The second-order valence-corrected chi connectivity index (χ2v) is 3.04. The maximum atomic E-state index is 10.1. The summed E-state index contributed by atoms with van der Waals surface area (Å²) in [6, 6.07) is 0. The van der Waals surface area contributed by atoms with Crippen molar-refractivity contribution in [2.24, 2.45) is 0 Å². The molecule has 3 heteroatoms. The number of aliphatic carboxylic acids is 1. The van der Waals surface area contributed by atoms with Gasteiger partial charge in [-0.15, -0.1) is 0 Å². The Balaban J connectivity index is 4.30. The maximum absolute atomic E-state index is 10.1. The van der Waals surface area contributed by atoms with Crippen LogP contribution in [0.2, 0.25) is 0 Å². The van der Waals surface area contributed by atoms with E-state index in [4.69, 9.17) is 5.11 Å². The number of carboxylic acids is 1. The highest BCUT2D eigenvalue weighted by Gasteiger charge is 1.87. The lowest BCUT2D eigenvalue weighted by Gasteiger charge is -1.91. The average molecular weight is 278 g/mol. The van der Waals surface area contributed by atoms with Gasteiger partial charge in [-0.3, -0.25) is 0 Å². The van der Waals surface area contributed by atoms with Gasteiger partial charge in [0.1, 0.15) is 0 Å². The van der Waals surface area contributed by atoms with E-state index in [1.165, 1.54) is 0 Å². The Labute approximate surface area is 85.8 Å². The van der Waals surface area contributed by atoms with Gasteiger partial charge < -0.3 is 5.11 Å². The van der Waals surface area contributed by atoms with Crippen molar-refractivity contribution in [2.75, 3.05) is 0 Å². The fourth-order valence-corrected chi connectivity index (χ4v) is 0.821. The Morgan fingerprint density at radius 1 is 1.25 bits per heavy atom. The van der Waals surface area contributed by atoms with Gasteiger partial charge in [0, 0.05) is 6.08 Å². The summed E-state index contributed by atoms with van der Waals surface area (Å²) in [7, 11) is 0. The van der Waals surface area contributed by atoms with Crippen molar-refractivity contribution in [3.05, 3.63) is 33.5 Å². The first-order valence-electron chi connectivity index (χ1n) is 3.42. The molecule has 0 aromatic rings. The topological polar surface area (TPSA) is 37.3 Å². The summed E-state index contributed by atoms with van der Waals surface area (Å²) in [6.45, 7) is 3.83. The number of carbonyl (C=O) groups is 1. The standard InChI is InChI=1S/C9H11IO2/c1-7(3-4-9(11)12)5-8(2)6-10/h3-6H,1-2H3,(H,11,12). The van der Waals surface area contributed by atoms with Gasteiger partial charge in [-0.25, -0.2) is 4.79 Å². The molecule has 0 aliphatic heterocycles. The monoisotopic (exact) mass is 278 g/mol. The van der Waals surface area contributed by atoms with Gasteiger partial charge in [0.25, 0.3) is 0 Å². The molecule has 0 aromatic heterocycles. The zero-order valence-electron chi connectivity index (χ0n) is 7.04. The lowest BCUT2D eigenvalue weighted by Crippen LogP contribution is -1.85. The lowest BCUT2D eigenvalue weighted by atomic mass is 10.2. The Hall–Kier alpha value is -0.580. The molecule has 0 fully saturated rings.